The minimum atomic E-state index is -4.92. The number of pyridine rings is 1. The number of nitrogens with zero attached hydrogens (tertiary/aromatic N) is 2. The summed E-state index contributed by atoms with van der Waals surface area (Å²) in [5.41, 5.74) is -4.54. The molecule has 2 aliphatic carbocycles. The van der Waals surface area contributed by atoms with Crippen LogP contribution in [0.3, 0.4) is 0 Å². The Bertz CT molecular complexity index is 2100. The van der Waals surface area contributed by atoms with Gasteiger partial charge in [0.1, 0.15) is 23.7 Å². The number of hydrogen-bond donors (Lipinski definition) is 3. The number of rotatable bonds is 10. The van der Waals surface area contributed by atoms with Gasteiger partial charge < -0.3 is 29.7 Å². The van der Waals surface area contributed by atoms with Gasteiger partial charge in [-0.15, -0.1) is 0 Å². The van der Waals surface area contributed by atoms with Gasteiger partial charge in [-0.3, -0.25) is 19.1 Å². The molecule has 4 aliphatic rings. The molecule has 0 radical (unpaired) electrons. The predicted octanol–water partition coefficient (Wildman–Crippen LogP) is 5.96. The van der Waals surface area contributed by atoms with E-state index in [-0.39, 0.29) is 37.1 Å². The van der Waals surface area contributed by atoms with E-state index >= 15 is 0 Å². The molecule has 1 unspecified atom stereocenters. The molecule has 3 N–H and O–H groups in total. The number of carbonyl (C=O) groups is 4. The Kier molecular flexibility index (Phi) is 12.7. The summed E-state index contributed by atoms with van der Waals surface area (Å²) in [4.78, 5) is 62.0. The predicted molar refractivity (Wildman–Crippen MR) is 211 cm³/mol. The number of alkyl carbamates (subject to hydrolysis) is 1. The van der Waals surface area contributed by atoms with Gasteiger partial charge in [-0.25, -0.2) is 13.2 Å². The quantitative estimate of drug-likeness (QED) is 0.241. The number of sulfonamides is 1. The molecule has 3 fully saturated rings. The Morgan fingerprint density at radius 1 is 1.10 bits per heavy atom. The summed E-state index contributed by atoms with van der Waals surface area (Å²) in [5.74, 6) is -3.43. The Morgan fingerprint density at radius 2 is 1.83 bits per heavy atom. The molecule has 4 amide bonds. The topological polar surface area (TPSA) is 182 Å². The van der Waals surface area contributed by atoms with Gasteiger partial charge in [0.15, 0.2) is 0 Å². The van der Waals surface area contributed by atoms with Gasteiger partial charge in [-0.2, -0.15) is 18.2 Å². The second-order valence-corrected chi connectivity index (χ2v) is 19.1. The molecular weight excluding hydrogens is 819 g/mol. The summed E-state index contributed by atoms with van der Waals surface area (Å²) >= 11 is 6.55. The van der Waals surface area contributed by atoms with Crippen molar-refractivity contribution in [1.82, 2.24) is 25.2 Å². The van der Waals surface area contributed by atoms with Gasteiger partial charge in [-0.05, 0) is 82.8 Å². The number of carbonyl (C=O) groups excluding carboxylic acids is 4. The lowest BCUT2D eigenvalue weighted by Gasteiger charge is -2.34. The second-order valence-electron chi connectivity index (χ2n) is 16.7. The summed E-state index contributed by atoms with van der Waals surface area (Å²) in [6, 6.07) is 3.98. The number of amides is 4. The smallest absolute Gasteiger partial charge is 0.427 e. The van der Waals surface area contributed by atoms with Crippen molar-refractivity contribution in [1.29, 1.82) is 0 Å². The number of ether oxygens (including phenoxy) is 3. The lowest BCUT2D eigenvalue weighted by molar-refractivity contribution is -0.244. The van der Waals surface area contributed by atoms with Crippen LogP contribution in [0.2, 0.25) is 5.02 Å². The van der Waals surface area contributed by atoms with Gasteiger partial charge in [0.05, 0.1) is 18.4 Å². The zero-order valence-corrected chi connectivity index (χ0v) is 35.1. The zero-order valence-electron chi connectivity index (χ0n) is 33.6. The van der Waals surface area contributed by atoms with Gasteiger partial charge in [-0.1, -0.05) is 50.6 Å². The van der Waals surface area contributed by atoms with Crippen LogP contribution in [0.15, 0.2) is 36.4 Å². The van der Waals surface area contributed by atoms with Crippen LogP contribution >= 0.6 is 11.6 Å². The monoisotopic (exact) mass is 869 g/mol. The van der Waals surface area contributed by atoms with Crippen molar-refractivity contribution in [3.8, 4) is 11.8 Å². The van der Waals surface area contributed by atoms with Gasteiger partial charge in [0.2, 0.25) is 39.2 Å². The van der Waals surface area contributed by atoms with Gasteiger partial charge in [0, 0.05) is 34.2 Å². The first-order valence-electron chi connectivity index (χ1n) is 20.0. The Morgan fingerprint density at radius 3 is 2.51 bits per heavy atom. The van der Waals surface area contributed by atoms with Crippen molar-refractivity contribution in [3.63, 3.8) is 0 Å². The molecule has 2 aliphatic heterocycles. The first-order valence-corrected chi connectivity index (χ1v) is 21.9. The highest BCUT2D eigenvalue weighted by atomic mass is 35.5. The van der Waals surface area contributed by atoms with Crippen molar-refractivity contribution in [2.45, 2.75) is 127 Å². The van der Waals surface area contributed by atoms with E-state index in [0.717, 1.165) is 0 Å². The number of fused-ring (bicyclic) bond motifs is 3. The standard InChI is InChI=1S/C40H51ClF3N5O9S/c1-6-16-56-31-19-28-27(12-9-13-29(28)41)34(45-31)57-25-18-30-33(50)47-39(36(52)48-59(54,55)26-14-15-26)20-24(39)11-8-7-10-22(2)17-23(3)32(35(51)49(30)21-25)46-37(53)58-38(4,5)40(42,43)44/h8-9,11-13,19,22-26,30,32H,6-7,10,14-18,20-21H2,1-5H3,(H,46,53)(H,47,50)(H,48,52)/b11-8-/t22-,23-,24?,25-,30+,32+,39-/m1/s1. The van der Waals surface area contributed by atoms with Crippen LogP contribution in [-0.4, -0.2) is 96.0 Å². The molecular formula is C40H51ClF3N5O9S. The number of aromatic nitrogens is 1. The molecule has 324 valence electrons. The van der Waals surface area contributed by atoms with Crippen molar-refractivity contribution < 1.29 is 55.0 Å². The molecule has 6 rings (SSSR count). The van der Waals surface area contributed by atoms with Crippen LogP contribution in [-0.2, 0) is 29.1 Å². The average molecular weight is 870 g/mol. The second kappa shape index (κ2) is 17.0. The largest absolute Gasteiger partial charge is 0.478 e. The summed E-state index contributed by atoms with van der Waals surface area (Å²) in [6.07, 6.45) is -0.751. The third-order valence-corrected chi connectivity index (χ3v) is 13.6. The Balaban J connectivity index is 1.37. The minimum absolute atomic E-state index is 0.0472. The van der Waals surface area contributed by atoms with E-state index in [4.69, 9.17) is 25.8 Å². The number of benzene rings is 1. The van der Waals surface area contributed by atoms with E-state index in [1.165, 1.54) is 4.90 Å². The fourth-order valence-electron chi connectivity index (χ4n) is 7.66. The molecule has 1 aromatic carbocycles. The first-order chi connectivity index (χ1) is 27.7. The Hall–Kier alpha value is -4.32. The number of hydrogen-bond acceptors (Lipinski definition) is 10. The molecule has 0 bridgehead atoms. The van der Waals surface area contributed by atoms with E-state index in [9.17, 15) is 40.8 Å². The molecule has 7 atom stereocenters. The highest BCUT2D eigenvalue weighted by Crippen LogP contribution is 2.46. The lowest BCUT2D eigenvalue weighted by atomic mass is 9.88. The molecule has 3 heterocycles. The van der Waals surface area contributed by atoms with Crippen LogP contribution in [0.1, 0.15) is 86.0 Å². The van der Waals surface area contributed by atoms with Crippen LogP contribution in [0, 0.1) is 17.8 Å². The van der Waals surface area contributed by atoms with Crippen molar-refractivity contribution in [3.05, 3.63) is 41.4 Å². The van der Waals surface area contributed by atoms with E-state index in [0.29, 0.717) is 74.8 Å². The van der Waals surface area contributed by atoms with Gasteiger partial charge >= 0.3 is 12.3 Å². The highest BCUT2D eigenvalue weighted by molar-refractivity contribution is 7.91. The van der Waals surface area contributed by atoms with Crippen molar-refractivity contribution >= 4 is 56.2 Å². The molecule has 1 saturated heterocycles. The highest BCUT2D eigenvalue weighted by Gasteiger charge is 2.62. The summed E-state index contributed by atoms with van der Waals surface area (Å²) in [6.45, 7) is 7.01. The maximum atomic E-state index is 14.8. The lowest BCUT2D eigenvalue weighted by Crippen LogP contribution is -2.59. The summed E-state index contributed by atoms with van der Waals surface area (Å²) in [7, 11) is -3.99. The first kappa shape index (κ1) is 44.2. The summed E-state index contributed by atoms with van der Waals surface area (Å²) < 4.78 is 86.3. The molecule has 19 heteroatoms. The van der Waals surface area contributed by atoms with E-state index in [2.05, 4.69) is 20.3 Å². The number of nitrogens with one attached hydrogen (secondary N) is 3. The SMILES string of the molecule is CCCOc1cc2c(Cl)cccc2c(O[C@@H]2C[C@H]3C(=O)N[C@]4(C(=O)NS(=O)(=O)C5CC5)CC4/C=C\CC[C@@H](C)C[C@@H](C)[C@H](NC(=O)OC(C)(C)C(F)(F)F)C(=O)N3C2)n1. The fourth-order valence-corrected chi connectivity index (χ4v) is 9.25. The minimum Gasteiger partial charge on any atom is -0.478 e. The third-order valence-electron chi connectivity index (χ3n) is 11.4. The van der Waals surface area contributed by atoms with Crippen molar-refractivity contribution in [2.24, 2.45) is 17.8 Å². The number of allylic oxidation sites excluding steroid dienone is 1. The van der Waals surface area contributed by atoms with Crippen LogP contribution in [0.25, 0.3) is 10.8 Å². The third kappa shape index (κ3) is 9.84. The zero-order chi connectivity index (χ0) is 43.1. The molecule has 2 aromatic rings. The van der Waals surface area contributed by atoms with Crippen molar-refractivity contribution in [2.75, 3.05) is 13.2 Å². The summed E-state index contributed by atoms with van der Waals surface area (Å²) in [5, 5.41) is 5.93. The number of halogens is 4. The molecule has 0 spiro atoms. The molecule has 59 heavy (non-hydrogen) atoms. The molecule has 14 nitrogen and oxygen atoms in total. The van der Waals surface area contributed by atoms with Gasteiger partial charge in [0.25, 0.3) is 5.91 Å². The van der Waals surface area contributed by atoms with Crippen LogP contribution in [0.4, 0.5) is 18.0 Å². The van der Waals surface area contributed by atoms with Crippen LogP contribution < -0.4 is 24.8 Å². The molecule has 2 saturated carbocycles. The maximum Gasteiger partial charge on any atom is 0.427 e. The Labute approximate surface area is 346 Å². The normalized spacial score (nSPS) is 28.6. The van der Waals surface area contributed by atoms with E-state index < -0.39 is 86.4 Å². The maximum absolute atomic E-state index is 14.8. The number of alkyl halides is 3. The van der Waals surface area contributed by atoms with Crippen LogP contribution in [0.5, 0.6) is 11.8 Å². The van der Waals surface area contributed by atoms with E-state index in [1.807, 2.05) is 19.9 Å². The van der Waals surface area contributed by atoms with E-state index in [1.54, 1.807) is 37.3 Å². The average Bonchev–Trinajstić information content (AvgIpc) is 4.07. The fraction of sp³-hybridized carbons (Fsp3) is 0.625. The molecule has 1 aromatic heterocycles.